The monoisotopic (exact) mass is 239 g/mol. The third-order valence-corrected chi connectivity index (χ3v) is 3.96. The highest BCUT2D eigenvalue weighted by Crippen LogP contribution is 2.28. The first kappa shape index (κ1) is 11.9. The molecule has 0 aromatic carbocycles. The van der Waals surface area contributed by atoms with Gasteiger partial charge in [0.2, 0.25) is 0 Å². The van der Waals surface area contributed by atoms with Gasteiger partial charge in [0.05, 0.1) is 5.69 Å². The number of thiazole rings is 1. The second-order valence-electron chi connectivity index (χ2n) is 4.78. The Morgan fingerprint density at radius 1 is 1.50 bits per heavy atom. The van der Waals surface area contributed by atoms with Crippen molar-refractivity contribution in [3.63, 3.8) is 0 Å². The van der Waals surface area contributed by atoms with Crippen LogP contribution in [0, 0.1) is 5.92 Å². The Morgan fingerprint density at radius 3 is 3.00 bits per heavy atom. The topological polar surface area (TPSA) is 28.2 Å². The zero-order valence-electron chi connectivity index (χ0n) is 10.4. The Bertz CT molecular complexity index is 346. The number of fused-ring (bicyclic) bond motifs is 1. The number of rotatable bonds is 4. The lowest BCUT2D eigenvalue weighted by Crippen LogP contribution is -2.29. The first-order valence-corrected chi connectivity index (χ1v) is 6.95. The van der Waals surface area contributed by atoms with E-state index < -0.39 is 0 Å². The van der Waals surface area contributed by atoms with E-state index in [0.29, 0.717) is 5.92 Å². The molecular weight excluding hydrogens is 218 g/mol. The molecule has 1 aliphatic rings. The molecule has 0 unspecified atom stereocenters. The largest absolute Gasteiger partial charge is 0.361 e. The van der Waals surface area contributed by atoms with E-state index in [1.165, 1.54) is 10.6 Å². The van der Waals surface area contributed by atoms with Gasteiger partial charge < -0.3 is 5.32 Å². The van der Waals surface area contributed by atoms with Crippen molar-refractivity contribution >= 4 is 16.5 Å². The van der Waals surface area contributed by atoms with Gasteiger partial charge in [0, 0.05) is 30.9 Å². The fourth-order valence-corrected chi connectivity index (χ4v) is 2.94. The number of anilines is 1. The zero-order chi connectivity index (χ0) is 11.5. The summed E-state index contributed by atoms with van der Waals surface area (Å²) in [7, 11) is 0. The Morgan fingerprint density at radius 2 is 2.31 bits per heavy atom. The maximum absolute atomic E-state index is 4.67. The van der Waals surface area contributed by atoms with Crippen LogP contribution >= 0.6 is 11.3 Å². The second-order valence-corrected chi connectivity index (χ2v) is 5.87. The SMILES string of the molecule is CCN1CCc2nc(NCC(C)C)sc2C1. The molecule has 1 aromatic rings. The molecule has 0 aliphatic carbocycles. The van der Waals surface area contributed by atoms with Gasteiger partial charge in [0.15, 0.2) is 5.13 Å². The molecule has 4 heteroatoms. The predicted molar refractivity (Wildman–Crippen MR) is 70.1 cm³/mol. The van der Waals surface area contributed by atoms with E-state index in [9.17, 15) is 0 Å². The molecule has 2 rings (SSSR count). The molecule has 2 heterocycles. The molecule has 0 saturated carbocycles. The minimum Gasteiger partial charge on any atom is -0.361 e. The quantitative estimate of drug-likeness (QED) is 0.875. The van der Waals surface area contributed by atoms with E-state index in [1.54, 1.807) is 0 Å². The van der Waals surface area contributed by atoms with Gasteiger partial charge in [-0.05, 0) is 12.5 Å². The molecule has 3 nitrogen and oxygen atoms in total. The highest BCUT2D eigenvalue weighted by molar-refractivity contribution is 7.15. The van der Waals surface area contributed by atoms with Crippen LogP contribution in [0.15, 0.2) is 0 Å². The molecule has 1 aliphatic heterocycles. The predicted octanol–water partition coefficient (Wildman–Crippen LogP) is 2.59. The van der Waals surface area contributed by atoms with Crippen molar-refractivity contribution in [3.05, 3.63) is 10.6 Å². The summed E-state index contributed by atoms with van der Waals surface area (Å²) >= 11 is 1.83. The Kier molecular flexibility index (Phi) is 3.82. The second kappa shape index (κ2) is 5.15. The maximum Gasteiger partial charge on any atom is 0.183 e. The zero-order valence-corrected chi connectivity index (χ0v) is 11.2. The molecule has 0 atom stereocenters. The fraction of sp³-hybridized carbons (Fsp3) is 0.750. The molecule has 0 amide bonds. The lowest BCUT2D eigenvalue weighted by Gasteiger charge is -2.23. The van der Waals surface area contributed by atoms with Crippen molar-refractivity contribution in [2.75, 3.05) is 25.0 Å². The summed E-state index contributed by atoms with van der Waals surface area (Å²) < 4.78 is 0. The number of nitrogens with one attached hydrogen (secondary N) is 1. The van der Waals surface area contributed by atoms with Gasteiger partial charge in [-0.25, -0.2) is 4.98 Å². The minimum atomic E-state index is 0.674. The molecule has 1 aromatic heterocycles. The van der Waals surface area contributed by atoms with Crippen LogP contribution in [0.2, 0.25) is 0 Å². The summed E-state index contributed by atoms with van der Waals surface area (Å²) in [6.07, 6.45) is 1.11. The normalized spacial score (nSPS) is 16.5. The summed E-state index contributed by atoms with van der Waals surface area (Å²) in [5, 5.41) is 4.53. The van der Waals surface area contributed by atoms with Gasteiger partial charge >= 0.3 is 0 Å². The van der Waals surface area contributed by atoms with Crippen molar-refractivity contribution in [3.8, 4) is 0 Å². The smallest absolute Gasteiger partial charge is 0.183 e. The summed E-state index contributed by atoms with van der Waals surface area (Å²) in [6.45, 7) is 11.1. The van der Waals surface area contributed by atoms with E-state index >= 15 is 0 Å². The van der Waals surface area contributed by atoms with Crippen LogP contribution in [-0.4, -0.2) is 29.5 Å². The summed E-state index contributed by atoms with van der Waals surface area (Å²) in [5.74, 6) is 0.674. The summed E-state index contributed by atoms with van der Waals surface area (Å²) in [6, 6.07) is 0. The van der Waals surface area contributed by atoms with Crippen molar-refractivity contribution < 1.29 is 0 Å². The average molecular weight is 239 g/mol. The van der Waals surface area contributed by atoms with Crippen LogP contribution in [0.4, 0.5) is 5.13 Å². The van der Waals surface area contributed by atoms with Gasteiger partial charge in [-0.3, -0.25) is 4.90 Å². The third-order valence-electron chi connectivity index (χ3n) is 2.92. The molecule has 90 valence electrons. The van der Waals surface area contributed by atoms with Crippen molar-refractivity contribution in [1.82, 2.24) is 9.88 Å². The highest BCUT2D eigenvalue weighted by atomic mass is 32.1. The van der Waals surface area contributed by atoms with E-state index in [0.717, 1.165) is 37.7 Å². The molecular formula is C12H21N3S. The minimum absolute atomic E-state index is 0.674. The molecule has 0 fully saturated rings. The number of hydrogen-bond acceptors (Lipinski definition) is 4. The van der Waals surface area contributed by atoms with Crippen LogP contribution in [0.3, 0.4) is 0 Å². The Labute approximate surface area is 102 Å². The summed E-state index contributed by atoms with van der Waals surface area (Å²) in [4.78, 5) is 8.61. The lowest BCUT2D eigenvalue weighted by atomic mass is 10.2. The van der Waals surface area contributed by atoms with E-state index in [4.69, 9.17) is 0 Å². The van der Waals surface area contributed by atoms with Crippen LogP contribution in [0.1, 0.15) is 31.3 Å². The van der Waals surface area contributed by atoms with Crippen LogP contribution in [-0.2, 0) is 13.0 Å². The number of hydrogen-bond donors (Lipinski definition) is 1. The van der Waals surface area contributed by atoms with Crippen LogP contribution in [0.25, 0.3) is 0 Å². The van der Waals surface area contributed by atoms with Crippen molar-refractivity contribution in [2.24, 2.45) is 5.92 Å². The standard InChI is InChI=1S/C12H21N3S/c1-4-15-6-5-10-11(8-15)16-12(14-10)13-7-9(2)3/h9H,4-8H2,1-3H3,(H,13,14). The van der Waals surface area contributed by atoms with Gasteiger partial charge in [-0.1, -0.05) is 20.8 Å². The van der Waals surface area contributed by atoms with Gasteiger partial charge in [-0.2, -0.15) is 0 Å². The first-order chi connectivity index (χ1) is 7.69. The van der Waals surface area contributed by atoms with Gasteiger partial charge in [-0.15, -0.1) is 11.3 Å². The van der Waals surface area contributed by atoms with Gasteiger partial charge in [0.25, 0.3) is 0 Å². The van der Waals surface area contributed by atoms with Gasteiger partial charge in [0.1, 0.15) is 0 Å². The molecule has 16 heavy (non-hydrogen) atoms. The summed E-state index contributed by atoms with van der Waals surface area (Å²) in [5.41, 5.74) is 1.32. The maximum atomic E-state index is 4.67. The lowest BCUT2D eigenvalue weighted by molar-refractivity contribution is 0.270. The highest BCUT2D eigenvalue weighted by Gasteiger charge is 2.19. The van der Waals surface area contributed by atoms with Crippen molar-refractivity contribution in [1.29, 1.82) is 0 Å². The van der Waals surface area contributed by atoms with E-state index in [2.05, 4.69) is 36.0 Å². The Balaban J connectivity index is 2.01. The third kappa shape index (κ3) is 2.74. The molecule has 0 saturated heterocycles. The van der Waals surface area contributed by atoms with Crippen LogP contribution < -0.4 is 5.32 Å². The van der Waals surface area contributed by atoms with Crippen LogP contribution in [0.5, 0.6) is 0 Å². The van der Waals surface area contributed by atoms with E-state index in [-0.39, 0.29) is 0 Å². The van der Waals surface area contributed by atoms with Crippen molar-refractivity contribution in [2.45, 2.75) is 33.7 Å². The number of aromatic nitrogens is 1. The fourth-order valence-electron chi connectivity index (χ4n) is 1.89. The first-order valence-electron chi connectivity index (χ1n) is 6.13. The average Bonchev–Trinajstić information content (AvgIpc) is 2.67. The number of nitrogens with zero attached hydrogens (tertiary/aromatic N) is 2. The Hall–Kier alpha value is -0.610. The molecule has 1 N–H and O–H groups in total. The molecule has 0 radical (unpaired) electrons. The molecule has 0 spiro atoms. The number of likely N-dealkylation sites (N-methyl/N-ethyl adjacent to an activating group) is 1. The molecule has 0 bridgehead atoms. The van der Waals surface area contributed by atoms with E-state index in [1.807, 2.05) is 11.3 Å².